The Morgan fingerprint density at radius 2 is 1.79 bits per heavy atom. The number of imide groups is 1. The van der Waals surface area contributed by atoms with Gasteiger partial charge < -0.3 is 14.4 Å². The van der Waals surface area contributed by atoms with E-state index in [0.29, 0.717) is 17.1 Å². The lowest BCUT2D eigenvalue weighted by atomic mass is 10.1. The zero-order valence-electron chi connectivity index (χ0n) is 9.84. The molecule has 1 fully saturated rings. The number of carbonyl (C=O) groups excluding carboxylic acids is 3. The summed E-state index contributed by atoms with van der Waals surface area (Å²) in [7, 11) is 0. The first-order valence-electron chi connectivity index (χ1n) is 5.65. The topological polar surface area (TPSA) is 84.9 Å². The molecule has 2 aliphatic rings. The molecule has 1 saturated heterocycles. The van der Waals surface area contributed by atoms with Crippen LogP contribution in [0.3, 0.4) is 0 Å². The zero-order chi connectivity index (χ0) is 13.4. The maximum atomic E-state index is 12.2. The molecule has 2 heterocycles. The van der Waals surface area contributed by atoms with Crippen LogP contribution in [0.5, 0.6) is 11.5 Å². The van der Waals surface area contributed by atoms with E-state index < -0.39 is 11.8 Å². The van der Waals surface area contributed by atoms with Crippen LogP contribution in [0.25, 0.3) is 0 Å². The van der Waals surface area contributed by atoms with Crippen LogP contribution in [-0.2, 0) is 9.59 Å². The zero-order valence-corrected chi connectivity index (χ0v) is 9.84. The van der Waals surface area contributed by atoms with Crippen molar-refractivity contribution in [1.29, 1.82) is 0 Å². The van der Waals surface area contributed by atoms with E-state index in [1.807, 2.05) is 0 Å². The van der Waals surface area contributed by atoms with Crippen molar-refractivity contribution in [3.05, 3.63) is 23.8 Å². The summed E-state index contributed by atoms with van der Waals surface area (Å²) in [5.41, 5.74) is 0.353. The van der Waals surface area contributed by atoms with Crippen LogP contribution >= 0.6 is 0 Å². The van der Waals surface area contributed by atoms with Gasteiger partial charge in [-0.25, -0.2) is 0 Å². The third-order valence-corrected chi connectivity index (χ3v) is 2.85. The summed E-state index contributed by atoms with van der Waals surface area (Å²) >= 11 is 0. The Balaban J connectivity index is 1.83. The van der Waals surface area contributed by atoms with Crippen molar-refractivity contribution >= 4 is 17.7 Å². The molecule has 1 aromatic rings. The number of hydrogen-bond donors (Lipinski definition) is 1. The summed E-state index contributed by atoms with van der Waals surface area (Å²) in [5, 5.41) is 2.14. The molecule has 0 unspecified atom stereocenters. The lowest BCUT2D eigenvalue weighted by Crippen LogP contribution is -2.53. The third kappa shape index (κ3) is 2.10. The lowest BCUT2D eigenvalue weighted by molar-refractivity contribution is -0.135. The first-order valence-corrected chi connectivity index (χ1v) is 5.65. The summed E-state index contributed by atoms with van der Waals surface area (Å²) in [6, 6.07) is 4.75. The number of nitrogens with zero attached hydrogens (tertiary/aromatic N) is 1. The highest BCUT2D eigenvalue weighted by Crippen LogP contribution is 2.32. The summed E-state index contributed by atoms with van der Waals surface area (Å²) < 4.78 is 10.3. The van der Waals surface area contributed by atoms with Gasteiger partial charge in [-0.05, 0) is 18.2 Å². The molecule has 1 aromatic carbocycles. The SMILES string of the molecule is O=C1CN(C(=O)c2ccc3c(c2)OCO3)CC(=O)N1. The van der Waals surface area contributed by atoms with Gasteiger partial charge in [0.2, 0.25) is 18.6 Å². The fraction of sp³-hybridized carbons (Fsp3) is 0.250. The standard InChI is InChI=1S/C12H10N2O5/c15-10-4-14(5-11(16)13-10)12(17)7-1-2-8-9(3-7)19-6-18-8/h1-3H,4-6H2,(H,13,15,16). The number of amides is 3. The Kier molecular flexibility index (Phi) is 2.59. The van der Waals surface area contributed by atoms with E-state index in [0.717, 1.165) is 0 Å². The minimum absolute atomic E-state index is 0.123. The van der Waals surface area contributed by atoms with Gasteiger partial charge in [0, 0.05) is 5.56 Å². The molecule has 0 aliphatic carbocycles. The van der Waals surface area contributed by atoms with Crippen molar-refractivity contribution in [3.63, 3.8) is 0 Å². The molecular weight excluding hydrogens is 252 g/mol. The lowest BCUT2D eigenvalue weighted by Gasteiger charge is -2.25. The van der Waals surface area contributed by atoms with Crippen LogP contribution in [0.4, 0.5) is 0 Å². The third-order valence-electron chi connectivity index (χ3n) is 2.85. The number of ether oxygens (including phenoxy) is 2. The van der Waals surface area contributed by atoms with Gasteiger partial charge in [-0.15, -0.1) is 0 Å². The summed E-state index contributed by atoms with van der Waals surface area (Å²) in [6.45, 7) is -0.129. The average Bonchev–Trinajstić information content (AvgIpc) is 2.83. The Bertz CT molecular complexity index is 567. The maximum Gasteiger partial charge on any atom is 0.254 e. The van der Waals surface area contributed by atoms with Crippen molar-refractivity contribution in [1.82, 2.24) is 10.2 Å². The molecule has 7 heteroatoms. The van der Waals surface area contributed by atoms with Crippen molar-refractivity contribution in [2.45, 2.75) is 0 Å². The number of fused-ring (bicyclic) bond motifs is 1. The van der Waals surface area contributed by atoms with E-state index in [1.165, 1.54) is 4.90 Å². The van der Waals surface area contributed by atoms with Gasteiger partial charge in [-0.2, -0.15) is 0 Å². The summed E-state index contributed by atoms with van der Waals surface area (Å²) in [6.07, 6.45) is 0. The molecule has 19 heavy (non-hydrogen) atoms. The normalized spacial score (nSPS) is 17.4. The van der Waals surface area contributed by atoms with E-state index in [2.05, 4.69) is 5.32 Å². The Morgan fingerprint density at radius 3 is 2.53 bits per heavy atom. The second-order valence-electron chi connectivity index (χ2n) is 4.20. The van der Waals surface area contributed by atoms with Crippen molar-refractivity contribution in [3.8, 4) is 11.5 Å². The quantitative estimate of drug-likeness (QED) is 0.690. The highest BCUT2D eigenvalue weighted by atomic mass is 16.7. The minimum atomic E-state index is -0.481. The second-order valence-corrected chi connectivity index (χ2v) is 4.20. The first kappa shape index (κ1) is 11.5. The molecule has 2 aliphatic heterocycles. The fourth-order valence-electron chi connectivity index (χ4n) is 1.99. The minimum Gasteiger partial charge on any atom is -0.454 e. The van der Waals surface area contributed by atoms with Gasteiger partial charge in [-0.1, -0.05) is 0 Å². The Labute approximate surface area is 108 Å². The van der Waals surface area contributed by atoms with Crippen LogP contribution in [0.2, 0.25) is 0 Å². The van der Waals surface area contributed by atoms with Crippen LogP contribution in [0.15, 0.2) is 18.2 Å². The predicted octanol–water partition coefficient (Wildman–Crippen LogP) is -0.486. The molecule has 98 valence electrons. The molecule has 0 atom stereocenters. The Morgan fingerprint density at radius 1 is 1.11 bits per heavy atom. The number of benzene rings is 1. The first-order chi connectivity index (χ1) is 9.13. The van der Waals surface area contributed by atoms with Crippen LogP contribution < -0.4 is 14.8 Å². The van der Waals surface area contributed by atoms with E-state index in [4.69, 9.17) is 9.47 Å². The van der Waals surface area contributed by atoms with Gasteiger partial charge in [-0.3, -0.25) is 19.7 Å². The van der Waals surface area contributed by atoms with Crippen LogP contribution in [0.1, 0.15) is 10.4 Å². The van der Waals surface area contributed by atoms with Crippen LogP contribution in [0, 0.1) is 0 Å². The molecule has 3 amide bonds. The number of rotatable bonds is 1. The molecular formula is C12H10N2O5. The molecule has 7 nitrogen and oxygen atoms in total. The van der Waals surface area contributed by atoms with E-state index in [-0.39, 0.29) is 25.8 Å². The van der Waals surface area contributed by atoms with Gasteiger partial charge in [0.25, 0.3) is 5.91 Å². The molecule has 0 spiro atoms. The summed E-state index contributed by atoms with van der Waals surface area (Å²) in [5.74, 6) is -0.292. The number of piperazine rings is 1. The number of carbonyl (C=O) groups is 3. The van der Waals surface area contributed by atoms with Gasteiger partial charge in [0.1, 0.15) is 13.1 Å². The van der Waals surface area contributed by atoms with Gasteiger partial charge in [0.15, 0.2) is 11.5 Å². The highest BCUT2D eigenvalue weighted by molar-refractivity contribution is 6.05. The Hall–Kier alpha value is -2.57. The molecule has 0 aromatic heterocycles. The number of nitrogens with one attached hydrogen (secondary N) is 1. The molecule has 1 N–H and O–H groups in total. The van der Waals surface area contributed by atoms with Crippen molar-refractivity contribution in [2.75, 3.05) is 19.9 Å². The highest BCUT2D eigenvalue weighted by Gasteiger charge is 2.28. The largest absolute Gasteiger partial charge is 0.454 e. The molecule has 0 bridgehead atoms. The number of hydrogen-bond acceptors (Lipinski definition) is 5. The maximum absolute atomic E-state index is 12.2. The second kappa shape index (κ2) is 4.27. The van der Waals surface area contributed by atoms with Crippen LogP contribution in [-0.4, -0.2) is 42.5 Å². The van der Waals surface area contributed by atoms with Crippen molar-refractivity contribution in [2.24, 2.45) is 0 Å². The van der Waals surface area contributed by atoms with E-state index in [1.54, 1.807) is 18.2 Å². The average molecular weight is 262 g/mol. The molecule has 0 saturated carbocycles. The van der Waals surface area contributed by atoms with Gasteiger partial charge in [0.05, 0.1) is 0 Å². The monoisotopic (exact) mass is 262 g/mol. The fourth-order valence-corrected chi connectivity index (χ4v) is 1.99. The smallest absolute Gasteiger partial charge is 0.254 e. The predicted molar refractivity (Wildman–Crippen MR) is 61.6 cm³/mol. The van der Waals surface area contributed by atoms with E-state index >= 15 is 0 Å². The van der Waals surface area contributed by atoms with Crippen molar-refractivity contribution < 1.29 is 23.9 Å². The summed E-state index contributed by atoms with van der Waals surface area (Å²) in [4.78, 5) is 35.9. The van der Waals surface area contributed by atoms with E-state index in [9.17, 15) is 14.4 Å². The van der Waals surface area contributed by atoms with Gasteiger partial charge >= 0.3 is 0 Å². The molecule has 0 radical (unpaired) electrons. The molecule has 3 rings (SSSR count).